The lowest BCUT2D eigenvalue weighted by Gasteiger charge is -2.11. The molecule has 0 bridgehead atoms. The van der Waals surface area contributed by atoms with Crippen molar-refractivity contribution in [2.45, 2.75) is 13.5 Å². The zero-order valence-electron chi connectivity index (χ0n) is 17.6. The largest absolute Gasteiger partial charge is 0.488 e. The summed E-state index contributed by atoms with van der Waals surface area (Å²) in [6, 6.07) is 29.6. The lowest BCUT2D eigenvalue weighted by molar-refractivity contribution is -0.129. The Morgan fingerprint density at radius 2 is 1.62 bits per heavy atom. The van der Waals surface area contributed by atoms with E-state index in [1.54, 1.807) is 6.08 Å². The quantitative estimate of drug-likeness (QED) is 0.291. The molecule has 5 rings (SSSR count). The number of rotatable bonds is 5. The second-order valence-corrected chi connectivity index (χ2v) is 7.65. The van der Waals surface area contributed by atoms with Crippen LogP contribution in [0.3, 0.4) is 0 Å². The van der Waals surface area contributed by atoms with Crippen LogP contribution in [0.2, 0.25) is 0 Å². The number of cyclic esters (lactones) is 1. The van der Waals surface area contributed by atoms with Gasteiger partial charge in [-0.1, -0.05) is 72.8 Å². The van der Waals surface area contributed by atoms with Crippen molar-refractivity contribution in [3.63, 3.8) is 0 Å². The maximum atomic E-state index is 12.5. The molecule has 0 N–H and O–H groups in total. The molecule has 4 aromatic carbocycles. The lowest BCUT2D eigenvalue weighted by Crippen LogP contribution is -2.05. The van der Waals surface area contributed by atoms with Crippen LogP contribution in [0.25, 0.3) is 16.8 Å². The highest BCUT2D eigenvalue weighted by Crippen LogP contribution is 2.26. The number of ether oxygens (including phenoxy) is 2. The van der Waals surface area contributed by atoms with Crippen molar-refractivity contribution >= 4 is 28.7 Å². The number of para-hydroxylation sites is 1. The van der Waals surface area contributed by atoms with Crippen LogP contribution in [-0.4, -0.2) is 11.9 Å². The molecule has 1 aliphatic rings. The highest BCUT2D eigenvalue weighted by Gasteiger charge is 2.24. The average molecular weight is 419 g/mol. The van der Waals surface area contributed by atoms with Crippen LogP contribution < -0.4 is 4.74 Å². The number of aryl methyl sites for hydroxylation is 1. The Morgan fingerprint density at radius 1 is 0.875 bits per heavy atom. The predicted octanol–water partition coefficient (Wildman–Crippen LogP) is 6.07. The molecule has 156 valence electrons. The molecule has 1 heterocycles. The third kappa shape index (κ3) is 4.03. The van der Waals surface area contributed by atoms with E-state index in [2.05, 4.69) is 18.0 Å². The minimum absolute atomic E-state index is 0.250. The van der Waals surface area contributed by atoms with Gasteiger partial charge in [0.05, 0.1) is 0 Å². The molecular formula is C28H21NO3. The second kappa shape index (κ2) is 8.52. The van der Waals surface area contributed by atoms with Crippen molar-refractivity contribution in [3.8, 4) is 5.75 Å². The number of fused-ring (bicyclic) bond motifs is 1. The normalized spacial score (nSPS) is 14.5. The Hall–Kier alpha value is -4.18. The number of esters is 1. The summed E-state index contributed by atoms with van der Waals surface area (Å²) >= 11 is 0. The van der Waals surface area contributed by atoms with Crippen LogP contribution >= 0.6 is 0 Å². The first-order valence-electron chi connectivity index (χ1n) is 10.5. The molecule has 0 radical (unpaired) electrons. The van der Waals surface area contributed by atoms with Gasteiger partial charge in [-0.3, -0.25) is 0 Å². The van der Waals surface area contributed by atoms with E-state index in [0.717, 1.165) is 27.5 Å². The van der Waals surface area contributed by atoms with Gasteiger partial charge in [-0.2, -0.15) is 0 Å². The zero-order chi connectivity index (χ0) is 21.9. The summed E-state index contributed by atoms with van der Waals surface area (Å²) in [5.41, 5.74) is 4.08. The summed E-state index contributed by atoms with van der Waals surface area (Å²) in [6.45, 7) is 2.51. The van der Waals surface area contributed by atoms with Crippen molar-refractivity contribution in [3.05, 3.63) is 119 Å². The number of aliphatic imine (C=N–C) groups is 1. The van der Waals surface area contributed by atoms with E-state index >= 15 is 0 Å². The number of hydrogen-bond donors (Lipinski definition) is 0. The Morgan fingerprint density at radius 3 is 2.50 bits per heavy atom. The van der Waals surface area contributed by atoms with Crippen molar-refractivity contribution in [1.82, 2.24) is 0 Å². The monoisotopic (exact) mass is 419 g/mol. The fourth-order valence-corrected chi connectivity index (χ4v) is 3.66. The van der Waals surface area contributed by atoms with Crippen LogP contribution in [0, 0.1) is 6.92 Å². The number of carbonyl (C=O) groups excluding carboxylic acids is 1. The molecule has 0 aliphatic carbocycles. The predicted molar refractivity (Wildman–Crippen MR) is 127 cm³/mol. The second-order valence-electron chi connectivity index (χ2n) is 7.65. The Labute approximate surface area is 186 Å². The smallest absolute Gasteiger partial charge is 0.363 e. The van der Waals surface area contributed by atoms with E-state index in [1.807, 2.05) is 84.9 Å². The van der Waals surface area contributed by atoms with Gasteiger partial charge >= 0.3 is 5.97 Å². The molecule has 0 spiro atoms. The molecule has 1 aliphatic heterocycles. The molecule has 32 heavy (non-hydrogen) atoms. The summed E-state index contributed by atoms with van der Waals surface area (Å²) < 4.78 is 11.5. The zero-order valence-corrected chi connectivity index (χ0v) is 17.6. The van der Waals surface area contributed by atoms with Crippen LogP contribution in [0.1, 0.15) is 22.3 Å². The Bertz CT molecular complexity index is 1380. The standard InChI is InChI=1S/C28H21NO3/c1-19-8-2-3-12-24(19)18-31-26-13-7-6-11-22(26)17-25-28(30)32-27(29-25)23-15-14-20-9-4-5-10-21(20)16-23/h2-17H,18H2,1H3/b25-17-. The molecule has 0 saturated carbocycles. The molecule has 0 fully saturated rings. The van der Waals surface area contributed by atoms with Crippen molar-refractivity contribution < 1.29 is 14.3 Å². The van der Waals surface area contributed by atoms with Crippen LogP contribution in [0.5, 0.6) is 5.75 Å². The maximum Gasteiger partial charge on any atom is 0.363 e. The third-order valence-electron chi connectivity index (χ3n) is 5.47. The van der Waals surface area contributed by atoms with Gasteiger partial charge in [0.2, 0.25) is 5.90 Å². The first-order valence-corrected chi connectivity index (χ1v) is 10.5. The SMILES string of the molecule is Cc1ccccc1COc1ccccc1/C=C1\N=C(c2ccc3ccccc3c2)OC1=O. The number of benzene rings is 4. The molecule has 0 aromatic heterocycles. The van der Waals surface area contributed by atoms with E-state index < -0.39 is 5.97 Å². The first kappa shape index (κ1) is 19.8. The summed E-state index contributed by atoms with van der Waals surface area (Å²) in [5.74, 6) is 0.526. The van der Waals surface area contributed by atoms with Crippen molar-refractivity contribution in [1.29, 1.82) is 0 Å². The Balaban J connectivity index is 1.42. The van der Waals surface area contributed by atoms with Gasteiger partial charge in [-0.25, -0.2) is 9.79 Å². The Kier molecular flexibility index (Phi) is 5.26. The minimum atomic E-state index is -0.470. The number of carbonyl (C=O) groups is 1. The van der Waals surface area contributed by atoms with Gasteiger partial charge in [0.15, 0.2) is 5.70 Å². The van der Waals surface area contributed by atoms with Crippen LogP contribution in [0.4, 0.5) is 0 Å². The average Bonchev–Trinajstić information content (AvgIpc) is 3.19. The van der Waals surface area contributed by atoms with Crippen molar-refractivity contribution in [2.24, 2.45) is 4.99 Å². The maximum absolute atomic E-state index is 12.5. The summed E-state index contributed by atoms with van der Waals surface area (Å²) in [7, 11) is 0. The van der Waals surface area contributed by atoms with Gasteiger partial charge in [-0.05, 0) is 53.1 Å². The summed E-state index contributed by atoms with van der Waals surface area (Å²) in [4.78, 5) is 17.0. The number of nitrogens with zero attached hydrogens (tertiary/aromatic N) is 1. The van der Waals surface area contributed by atoms with Gasteiger partial charge in [0.1, 0.15) is 12.4 Å². The molecular weight excluding hydrogens is 398 g/mol. The van der Waals surface area contributed by atoms with E-state index in [0.29, 0.717) is 18.3 Å². The molecule has 0 saturated heterocycles. The van der Waals surface area contributed by atoms with E-state index in [4.69, 9.17) is 9.47 Å². The van der Waals surface area contributed by atoms with Crippen LogP contribution in [-0.2, 0) is 16.1 Å². The van der Waals surface area contributed by atoms with Crippen LogP contribution in [0.15, 0.2) is 102 Å². The third-order valence-corrected chi connectivity index (χ3v) is 5.47. The van der Waals surface area contributed by atoms with Gasteiger partial charge in [-0.15, -0.1) is 0 Å². The highest BCUT2D eigenvalue weighted by molar-refractivity contribution is 6.13. The van der Waals surface area contributed by atoms with E-state index in [-0.39, 0.29) is 5.70 Å². The summed E-state index contributed by atoms with van der Waals surface area (Å²) in [5, 5.41) is 2.19. The molecule has 0 amide bonds. The topological polar surface area (TPSA) is 47.9 Å². The molecule has 4 aromatic rings. The molecule has 0 unspecified atom stereocenters. The minimum Gasteiger partial charge on any atom is -0.488 e. The highest BCUT2D eigenvalue weighted by atomic mass is 16.6. The van der Waals surface area contributed by atoms with Gasteiger partial charge in [0, 0.05) is 11.1 Å². The van der Waals surface area contributed by atoms with Crippen molar-refractivity contribution in [2.75, 3.05) is 0 Å². The summed E-state index contributed by atoms with van der Waals surface area (Å²) in [6.07, 6.45) is 1.71. The fraction of sp³-hybridized carbons (Fsp3) is 0.0714. The van der Waals surface area contributed by atoms with Gasteiger partial charge in [0.25, 0.3) is 0 Å². The first-order chi connectivity index (χ1) is 15.7. The molecule has 0 atom stereocenters. The number of hydrogen-bond acceptors (Lipinski definition) is 4. The molecule has 4 heteroatoms. The molecule has 4 nitrogen and oxygen atoms in total. The van der Waals surface area contributed by atoms with Gasteiger partial charge < -0.3 is 9.47 Å². The van der Waals surface area contributed by atoms with E-state index in [9.17, 15) is 4.79 Å². The van der Waals surface area contributed by atoms with E-state index in [1.165, 1.54) is 5.56 Å². The fourth-order valence-electron chi connectivity index (χ4n) is 3.66. The lowest BCUT2D eigenvalue weighted by atomic mass is 10.1.